The monoisotopic (exact) mass is 187 g/mol. The molecule has 14 heavy (non-hydrogen) atoms. The average Bonchev–Trinajstić information content (AvgIpc) is 2.44. The Morgan fingerprint density at radius 3 is 1.93 bits per heavy atom. The van der Waals surface area contributed by atoms with Gasteiger partial charge in [0.1, 0.15) is 0 Å². The Morgan fingerprint density at radius 2 is 1.43 bits per heavy atom. The zero-order chi connectivity index (χ0) is 9.54. The Hall–Kier alpha value is -0.820. The van der Waals surface area contributed by atoms with Gasteiger partial charge in [0.15, 0.2) is 0 Å². The standard InChI is InChI=1S/C13H17N/c14-13-11-5-6-12(13)8-10-4-2-1-3-9(10)7-11/h1-4,11-13H,5-8,14H2/t11-,12?,13?/m1/s1. The first kappa shape index (κ1) is 8.49. The summed E-state index contributed by atoms with van der Waals surface area (Å²) in [7, 11) is 0. The molecule has 0 saturated heterocycles. The molecule has 2 aliphatic carbocycles. The molecule has 1 saturated carbocycles. The molecule has 0 radical (unpaired) electrons. The lowest BCUT2D eigenvalue weighted by Gasteiger charge is -2.15. The Bertz CT molecular complexity index is 312. The number of hydrogen-bond donors (Lipinski definition) is 1. The molecule has 1 aromatic carbocycles. The third kappa shape index (κ3) is 1.19. The molecule has 1 aromatic rings. The highest BCUT2D eigenvalue weighted by molar-refractivity contribution is 5.30. The molecule has 0 aromatic heterocycles. The molecule has 2 bridgehead atoms. The summed E-state index contributed by atoms with van der Waals surface area (Å²) in [5.74, 6) is 1.51. The molecule has 3 rings (SSSR count). The fourth-order valence-electron chi connectivity index (χ4n) is 3.19. The first-order valence-electron chi connectivity index (χ1n) is 5.67. The molecule has 1 nitrogen and oxygen atoms in total. The van der Waals surface area contributed by atoms with Gasteiger partial charge in [0, 0.05) is 6.04 Å². The Morgan fingerprint density at radius 1 is 0.929 bits per heavy atom. The second-order valence-corrected chi connectivity index (χ2v) is 4.85. The van der Waals surface area contributed by atoms with Gasteiger partial charge in [-0.25, -0.2) is 0 Å². The summed E-state index contributed by atoms with van der Waals surface area (Å²) in [6, 6.07) is 9.33. The number of hydrogen-bond acceptors (Lipinski definition) is 1. The molecule has 1 fully saturated rings. The van der Waals surface area contributed by atoms with E-state index in [0.717, 1.165) is 11.8 Å². The molecule has 0 aliphatic heterocycles. The molecule has 0 heterocycles. The fourth-order valence-corrected chi connectivity index (χ4v) is 3.19. The van der Waals surface area contributed by atoms with Gasteiger partial charge in [-0.3, -0.25) is 0 Å². The molecule has 1 heteroatoms. The molecule has 3 atom stereocenters. The second kappa shape index (κ2) is 3.09. The minimum Gasteiger partial charge on any atom is -0.327 e. The van der Waals surface area contributed by atoms with E-state index < -0.39 is 0 Å². The van der Waals surface area contributed by atoms with Crippen molar-refractivity contribution < 1.29 is 0 Å². The van der Waals surface area contributed by atoms with Crippen molar-refractivity contribution >= 4 is 0 Å². The summed E-state index contributed by atoms with van der Waals surface area (Å²) in [4.78, 5) is 0. The molecule has 0 amide bonds. The topological polar surface area (TPSA) is 26.0 Å². The maximum absolute atomic E-state index is 6.26. The van der Waals surface area contributed by atoms with Crippen molar-refractivity contribution in [1.29, 1.82) is 0 Å². The van der Waals surface area contributed by atoms with Crippen LogP contribution in [-0.2, 0) is 12.8 Å². The second-order valence-electron chi connectivity index (χ2n) is 4.85. The van der Waals surface area contributed by atoms with Gasteiger partial charge in [-0.15, -0.1) is 0 Å². The van der Waals surface area contributed by atoms with Crippen molar-refractivity contribution in [3.8, 4) is 0 Å². The molecular formula is C13H17N. The quantitative estimate of drug-likeness (QED) is 0.661. The lowest BCUT2D eigenvalue weighted by Crippen LogP contribution is -2.31. The van der Waals surface area contributed by atoms with E-state index in [2.05, 4.69) is 24.3 Å². The van der Waals surface area contributed by atoms with E-state index in [9.17, 15) is 0 Å². The number of rotatable bonds is 0. The predicted molar refractivity (Wildman–Crippen MR) is 58.0 cm³/mol. The summed E-state index contributed by atoms with van der Waals surface area (Å²) in [6.45, 7) is 0. The Labute approximate surface area is 85.3 Å². The van der Waals surface area contributed by atoms with Gasteiger partial charge < -0.3 is 5.73 Å². The largest absolute Gasteiger partial charge is 0.327 e. The van der Waals surface area contributed by atoms with Gasteiger partial charge >= 0.3 is 0 Å². The number of benzene rings is 1. The van der Waals surface area contributed by atoms with Crippen molar-refractivity contribution in [2.24, 2.45) is 17.6 Å². The third-order valence-electron chi connectivity index (χ3n) is 4.08. The lowest BCUT2D eigenvalue weighted by molar-refractivity contribution is 0.421. The highest BCUT2D eigenvalue weighted by atomic mass is 14.7. The van der Waals surface area contributed by atoms with E-state index in [-0.39, 0.29) is 0 Å². The van der Waals surface area contributed by atoms with E-state index in [1.54, 1.807) is 11.1 Å². The van der Waals surface area contributed by atoms with Gasteiger partial charge in [0.25, 0.3) is 0 Å². The van der Waals surface area contributed by atoms with Gasteiger partial charge in [0.2, 0.25) is 0 Å². The van der Waals surface area contributed by atoms with Crippen LogP contribution in [0.5, 0.6) is 0 Å². The predicted octanol–water partition coefficient (Wildman–Crippen LogP) is 2.14. The third-order valence-corrected chi connectivity index (χ3v) is 4.08. The van der Waals surface area contributed by atoms with Crippen molar-refractivity contribution in [2.45, 2.75) is 31.7 Å². The normalized spacial score (nSPS) is 35.1. The van der Waals surface area contributed by atoms with Crippen LogP contribution in [0.25, 0.3) is 0 Å². The first-order valence-corrected chi connectivity index (χ1v) is 5.67. The van der Waals surface area contributed by atoms with Gasteiger partial charge in [-0.05, 0) is 48.6 Å². The van der Waals surface area contributed by atoms with Gasteiger partial charge in [0.05, 0.1) is 0 Å². The van der Waals surface area contributed by atoms with Crippen molar-refractivity contribution in [3.63, 3.8) is 0 Å². The van der Waals surface area contributed by atoms with Crippen LogP contribution in [0.3, 0.4) is 0 Å². The van der Waals surface area contributed by atoms with Crippen LogP contribution in [0.15, 0.2) is 24.3 Å². The zero-order valence-corrected chi connectivity index (χ0v) is 8.45. The minimum atomic E-state index is 0.461. The van der Waals surface area contributed by atoms with E-state index in [0.29, 0.717) is 6.04 Å². The van der Waals surface area contributed by atoms with Crippen LogP contribution in [0.2, 0.25) is 0 Å². The number of nitrogens with two attached hydrogens (primary N) is 1. The minimum absolute atomic E-state index is 0.461. The van der Waals surface area contributed by atoms with Gasteiger partial charge in [-0.1, -0.05) is 24.3 Å². The number of fused-ring (bicyclic) bond motifs is 3. The maximum atomic E-state index is 6.26. The highest BCUT2D eigenvalue weighted by Crippen LogP contribution is 2.38. The van der Waals surface area contributed by atoms with Crippen LogP contribution in [0.4, 0.5) is 0 Å². The van der Waals surface area contributed by atoms with Gasteiger partial charge in [-0.2, -0.15) is 0 Å². The van der Waals surface area contributed by atoms with Crippen LogP contribution in [0, 0.1) is 11.8 Å². The summed E-state index contributed by atoms with van der Waals surface area (Å²) in [5, 5.41) is 0. The summed E-state index contributed by atoms with van der Waals surface area (Å²) in [6.07, 6.45) is 5.13. The highest BCUT2D eigenvalue weighted by Gasteiger charge is 2.36. The summed E-state index contributed by atoms with van der Waals surface area (Å²) in [5.41, 5.74) is 9.37. The molecule has 0 spiro atoms. The van der Waals surface area contributed by atoms with Crippen molar-refractivity contribution in [2.75, 3.05) is 0 Å². The average molecular weight is 187 g/mol. The Kier molecular flexibility index (Phi) is 1.88. The van der Waals surface area contributed by atoms with Crippen LogP contribution in [-0.4, -0.2) is 6.04 Å². The summed E-state index contributed by atoms with van der Waals surface area (Å²) >= 11 is 0. The van der Waals surface area contributed by atoms with E-state index >= 15 is 0 Å². The van der Waals surface area contributed by atoms with E-state index in [1.807, 2.05) is 0 Å². The lowest BCUT2D eigenvalue weighted by atomic mass is 9.94. The van der Waals surface area contributed by atoms with Crippen LogP contribution < -0.4 is 5.73 Å². The molecule has 2 aliphatic rings. The zero-order valence-electron chi connectivity index (χ0n) is 8.45. The van der Waals surface area contributed by atoms with Crippen LogP contribution in [0.1, 0.15) is 24.0 Å². The Balaban J connectivity index is 2.01. The SMILES string of the molecule is NC1C2CC[C@@H]1Cc1ccccc1C2. The molecule has 2 N–H and O–H groups in total. The molecule has 74 valence electrons. The van der Waals surface area contributed by atoms with Crippen molar-refractivity contribution in [1.82, 2.24) is 0 Å². The molecular weight excluding hydrogens is 170 g/mol. The van der Waals surface area contributed by atoms with E-state index in [1.165, 1.54) is 25.7 Å². The maximum Gasteiger partial charge on any atom is 0.0102 e. The fraction of sp³-hybridized carbons (Fsp3) is 0.538. The first-order chi connectivity index (χ1) is 6.84. The molecule has 2 unspecified atom stereocenters. The van der Waals surface area contributed by atoms with Crippen LogP contribution >= 0.6 is 0 Å². The van der Waals surface area contributed by atoms with E-state index in [4.69, 9.17) is 5.73 Å². The van der Waals surface area contributed by atoms with Crippen molar-refractivity contribution in [3.05, 3.63) is 35.4 Å². The summed E-state index contributed by atoms with van der Waals surface area (Å²) < 4.78 is 0. The smallest absolute Gasteiger partial charge is 0.0102 e.